The van der Waals surface area contributed by atoms with E-state index in [1.807, 2.05) is 12.1 Å². The van der Waals surface area contributed by atoms with E-state index in [4.69, 9.17) is 16.4 Å². The molecule has 0 aliphatic heterocycles. The summed E-state index contributed by atoms with van der Waals surface area (Å²) in [7, 11) is 3.12. The molecule has 1 aliphatic carbocycles. The van der Waals surface area contributed by atoms with Gasteiger partial charge in [0.05, 0.1) is 7.11 Å². The molecule has 1 aromatic carbocycles. The van der Waals surface area contributed by atoms with Gasteiger partial charge in [0.1, 0.15) is 5.25 Å². The Morgan fingerprint density at radius 2 is 1.91 bits per heavy atom. The van der Waals surface area contributed by atoms with Crippen molar-refractivity contribution in [3.63, 3.8) is 0 Å². The highest BCUT2D eigenvalue weighted by Crippen LogP contribution is 2.33. The van der Waals surface area contributed by atoms with Crippen LogP contribution in [0.3, 0.4) is 0 Å². The molecule has 1 fully saturated rings. The Balaban J connectivity index is 1.84. The Labute approximate surface area is 139 Å². The lowest BCUT2D eigenvalue weighted by Gasteiger charge is -2.30. The largest absolute Gasteiger partial charge is 0.611 e. The van der Waals surface area contributed by atoms with Gasteiger partial charge in [-0.2, -0.15) is 0 Å². The maximum absolute atomic E-state index is 12.6. The molecule has 1 aliphatic rings. The molecule has 122 valence electrons. The fourth-order valence-corrected chi connectivity index (χ4v) is 4.40. The molecule has 4 nitrogen and oxygen atoms in total. The van der Waals surface area contributed by atoms with E-state index in [9.17, 15) is 9.35 Å². The van der Waals surface area contributed by atoms with Crippen LogP contribution in [0, 0.1) is 5.92 Å². The van der Waals surface area contributed by atoms with E-state index in [1.54, 1.807) is 19.2 Å². The number of benzene rings is 1. The van der Waals surface area contributed by atoms with Crippen LogP contribution in [0.15, 0.2) is 29.2 Å². The van der Waals surface area contributed by atoms with Crippen LogP contribution in [0.25, 0.3) is 0 Å². The first-order valence-electron chi connectivity index (χ1n) is 7.48. The van der Waals surface area contributed by atoms with Gasteiger partial charge in [0.2, 0.25) is 5.91 Å². The van der Waals surface area contributed by atoms with Crippen LogP contribution in [0.4, 0.5) is 0 Å². The van der Waals surface area contributed by atoms with Gasteiger partial charge in [0.15, 0.2) is 4.90 Å². The van der Waals surface area contributed by atoms with E-state index >= 15 is 0 Å². The standard InChI is InChI=1S/C16H22ClNO3S/c1-18(21-2)16(19)11-12-3-7-14(8-4-12)22(20)15-9-5-13(17)6-10-15/h5-6,9-10,12,14H,3-4,7-8,11H2,1-2H3/t12-,14+,22?. The van der Waals surface area contributed by atoms with Gasteiger partial charge in [-0.15, -0.1) is 0 Å². The van der Waals surface area contributed by atoms with Crippen LogP contribution >= 0.6 is 11.6 Å². The topological polar surface area (TPSA) is 52.6 Å². The molecule has 1 unspecified atom stereocenters. The van der Waals surface area contributed by atoms with Crippen molar-refractivity contribution in [2.75, 3.05) is 14.2 Å². The molecule has 0 spiro atoms. The third-order valence-electron chi connectivity index (χ3n) is 4.23. The lowest BCUT2D eigenvalue weighted by molar-refractivity contribution is -0.169. The molecule has 1 aromatic rings. The molecule has 0 radical (unpaired) electrons. The third kappa shape index (κ3) is 4.62. The zero-order chi connectivity index (χ0) is 16.1. The summed E-state index contributed by atoms with van der Waals surface area (Å²) < 4.78 is 12.6. The Morgan fingerprint density at radius 1 is 1.32 bits per heavy atom. The molecular formula is C16H22ClNO3S. The highest BCUT2D eigenvalue weighted by atomic mass is 35.5. The number of nitrogens with zero attached hydrogens (tertiary/aromatic N) is 1. The molecule has 6 heteroatoms. The minimum atomic E-state index is -0.995. The number of rotatable bonds is 5. The third-order valence-corrected chi connectivity index (χ3v) is 6.30. The first kappa shape index (κ1) is 17.6. The summed E-state index contributed by atoms with van der Waals surface area (Å²) in [6.07, 6.45) is 4.17. The Kier molecular flexibility index (Phi) is 6.56. The number of amides is 1. The van der Waals surface area contributed by atoms with E-state index in [0.29, 0.717) is 17.4 Å². The van der Waals surface area contributed by atoms with Crippen LogP contribution in [-0.4, -0.2) is 34.9 Å². The SMILES string of the molecule is CON(C)C(=O)C[C@H]1CC[C@@H]([S+]([O-])c2ccc(Cl)cc2)CC1. The number of carbonyl (C=O) groups is 1. The van der Waals surface area contributed by atoms with Crippen LogP contribution in [0.1, 0.15) is 32.1 Å². The number of hydrogen-bond acceptors (Lipinski definition) is 3. The molecule has 0 saturated heterocycles. The van der Waals surface area contributed by atoms with Crippen LogP contribution in [-0.2, 0) is 20.8 Å². The molecule has 0 heterocycles. The van der Waals surface area contributed by atoms with Gasteiger partial charge in [0, 0.05) is 18.5 Å². The Hall–Kier alpha value is -0.750. The fraction of sp³-hybridized carbons (Fsp3) is 0.562. The van der Waals surface area contributed by atoms with Gasteiger partial charge in [-0.1, -0.05) is 11.6 Å². The van der Waals surface area contributed by atoms with Crippen LogP contribution < -0.4 is 0 Å². The van der Waals surface area contributed by atoms with Gasteiger partial charge in [-0.3, -0.25) is 9.63 Å². The van der Waals surface area contributed by atoms with Crippen molar-refractivity contribution in [2.45, 2.75) is 42.2 Å². The molecule has 1 atom stereocenters. The summed E-state index contributed by atoms with van der Waals surface area (Å²) in [5.41, 5.74) is 0. The van der Waals surface area contributed by atoms with Crippen LogP contribution in [0.5, 0.6) is 0 Å². The molecule has 22 heavy (non-hydrogen) atoms. The zero-order valence-corrected chi connectivity index (χ0v) is 14.5. The maximum atomic E-state index is 12.6. The maximum Gasteiger partial charge on any atom is 0.246 e. The molecule has 1 amide bonds. The molecule has 1 saturated carbocycles. The summed E-state index contributed by atoms with van der Waals surface area (Å²) >= 11 is 4.87. The predicted molar refractivity (Wildman–Crippen MR) is 88.0 cm³/mol. The van der Waals surface area contributed by atoms with E-state index < -0.39 is 11.2 Å². The molecule has 0 N–H and O–H groups in total. The summed E-state index contributed by atoms with van der Waals surface area (Å²) in [6, 6.07) is 7.22. The van der Waals surface area contributed by atoms with Gasteiger partial charge in [0.25, 0.3) is 0 Å². The van der Waals surface area contributed by atoms with Crippen molar-refractivity contribution in [3.8, 4) is 0 Å². The van der Waals surface area contributed by atoms with Gasteiger partial charge in [-0.25, -0.2) is 5.06 Å². The molecule has 0 aromatic heterocycles. The number of carbonyl (C=O) groups excluding carboxylic acids is 1. The molecule has 0 bridgehead atoms. The van der Waals surface area contributed by atoms with Crippen molar-refractivity contribution < 1.29 is 14.2 Å². The Bertz CT molecular complexity index is 489. The van der Waals surface area contributed by atoms with Crippen molar-refractivity contribution in [1.29, 1.82) is 0 Å². The first-order valence-corrected chi connectivity index (χ1v) is 9.07. The van der Waals surface area contributed by atoms with Gasteiger partial charge in [-0.05, 0) is 67.0 Å². The highest BCUT2D eigenvalue weighted by molar-refractivity contribution is 7.92. The molecule has 2 rings (SSSR count). The van der Waals surface area contributed by atoms with E-state index in [-0.39, 0.29) is 11.2 Å². The van der Waals surface area contributed by atoms with Crippen molar-refractivity contribution >= 4 is 28.7 Å². The summed E-state index contributed by atoms with van der Waals surface area (Å²) in [5.74, 6) is 0.369. The molecular weight excluding hydrogens is 322 g/mol. The van der Waals surface area contributed by atoms with Gasteiger partial charge < -0.3 is 4.55 Å². The Morgan fingerprint density at radius 3 is 2.45 bits per heavy atom. The number of hydrogen-bond donors (Lipinski definition) is 0. The number of hydroxylamine groups is 2. The van der Waals surface area contributed by atoms with Crippen molar-refractivity contribution in [1.82, 2.24) is 5.06 Å². The second-order valence-electron chi connectivity index (χ2n) is 5.67. The normalized spacial score (nSPS) is 23.1. The quantitative estimate of drug-likeness (QED) is 0.608. The zero-order valence-electron chi connectivity index (χ0n) is 13.0. The minimum Gasteiger partial charge on any atom is -0.611 e. The van der Waals surface area contributed by atoms with E-state index in [2.05, 4.69) is 0 Å². The summed E-state index contributed by atoms with van der Waals surface area (Å²) in [4.78, 5) is 17.6. The van der Waals surface area contributed by atoms with Crippen molar-refractivity contribution in [2.24, 2.45) is 5.92 Å². The fourth-order valence-electron chi connectivity index (χ4n) is 2.79. The van der Waals surface area contributed by atoms with E-state index in [1.165, 1.54) is 12.2 Å². The lowest BCUT2D eigenvalue weighted by atomic mass is 9.86. The average molecular weight is 344 g/mol. The minimum absolute atomic E-state index is 0.00442. The van der Waals surface area contributed by atoms with Crippen molar-refractivity contribution in [3.05, 3.63) is 29.3 Å². The smallest absolute Gasteiger partial charge is 0.246 e. The van der Waals surface area contributed by atoms with E-state index in [0.717, 1.165) is 30.6 Å². The second kappa shape index (κ2) is 8.20. The van der Waals surface area contributed by atoms with Crippen LogP contribution in [0.2, 0.25) is 5.02 Å². The predicted octanol–water partition coefficient (Wildman–Crippen LogP) is 3.42. The monoisotopic (exact) mass is 343 g/mol. The van der Waals surface area contributed by atoms with Gasteiger partial charge >= 0.3 is 0 Å². The lowest BCUT2D eigenvalue weighted by Crippen LogP contribution is -2.31. The highest BCUT2D eigenvalue weighted by Gasteiger charge is 2.31. The first-order chi connectivity index (χ1) is 10.5. The summed E-state index contributed by atoms with van der Waals surface area (Å²) in [6.45, 7) is 0. The number of halogens is 1. The average Bonchev–Trinajstić information content (AvgIpc) is 2.54. The summed E-state index contributed by atoms with van der Waals surface area (Å²) in [5, 5.41) is 2.11. The second-order valence-corrected chi connectivity index (χ2v) is 7.84.